The predicted octanol–water partition coefficient (Wildman–Crippen LogP) is 1.33. The maximum atomic E-state index is 10.8. The number of carbonyl (C=O) groups excluding carboxylic acids is 1. The normalized spacial score (nSPS) is 9.14. The van der Waals surface area contributed by atoms with Crippen molar-refractivity contribution in [3.63, 3.8) is 0 Å². The number of carboxylic acids is 1. The Balaban J connectivity index is 2.93. The first kappa shape index (κ1) is 10.3. The van der Waals surface area contributed by atoms with Crippen LogP contribution in [0, 0.1) is 19.3 Å². The molecular weight excluding hydrogens is 202 g/mol. The number of aryl methyl sites for hydroxylation is 1. The minimum atomic E-state index is -1.01. The van der Waals surface area contributed by atoms with E-state index < -0.39 is 11.9 Å². The van der Waals surface area contributed by atoms with Crippen LogP contribution in [-0.4, -0.2) is 17.0 Å². The summed E-state index contributed by atoms with van der Waals surface area (Å²) in [7, 11) is 0. The van der Waals surface area contributed by atoms with Gasteiger partial charge in [0.1, 0.15) is 4.88 Å². The molecule has 0 aromatic carbocycles. The zero-order valence-corrected chi connectivity index (χ0v) is 8.14. The molecule has 0 bridgehead atoms. The Morgan fingerprint density at radius 2 is 2.29 bits per heavy atom. The van der Waals surface area contributed by atoms with Gasteiger partial charge >= 0.3 is 11.9 Å². The average molecular weight is 209 g/mol. The lowest BCUT2D eigenvalue weighted by molar-refractivity contribution is -0.111. The molecule has 0 saturated heterocycles. The molecule has 1 heterocycles. The minimum Gasteiger partial charge on any atom is -0.477 e. The first-order valence-electron chi connectivity index (χ1n) is 3.66. The van der Waals surface area contributed by atoms with Crippen molar-refractivity contribution in [3.05, 3.63) is 16.5 Å². The molecule has 1 aromatic rings. The average Bonchev–Trinajstić information content (AvgIpc) is 2.46. The smallest absolute Gasteiger partial charge is 0.346 e. The maximum absolute atomic E-state index is 10.8. The summed E-state index contributed by atoms with van der Waals surface area (Å²) in [6, 6.07) is 1.57. The number of hydrogen-bond donors (Lipinski definition) is 2. The van der Waals surface area contributed by atoms with Gasteiger partial charge in [-0.15, -0.1) is 17.8 Å². The van der Waals surface area contributed by atoms with Crippen LogP contribution in [0.4, 0.5) is 5.00 Å². The maximum Gasteiger partial charge on any atom is 0.346 e. The zero-order valence-electron chi connectivity index (χ0n) is 7.33. The fourth-order valence-corrected chi connectivity index (χ4v) is 1.81. The van der Waals surface area contributed by atoms with Crippen molar-refractivity contribution in [3.8, 4) is 12.3 Å². The monoisotopic (exact) mass is 209 g/mol. The molecule has 0 aliphatic rings. The third-order valence-electron chi connectivity index (χ3n) is 1.48. The molecular formula is C9H7NO3S. The molecule has 72 valence electrons. The number of terminal acetylenes is 1. The number of carboxylic acid groups (broad SMARTS) is 1. The van der Waals surface area contributed by atoms with Crippen LogP contribution in [0.3, 0.4) is 0 Å². The summed E-state index contributed by atoms with van der Waals surface area (Å²) < 4.78 is 0. The van der Waals surface area contributed by atoms with Crippen LogP contribution in [0.2, 0.25) is 0 Å². The fourth-order valence-electron chi connectivity index (χ4n) is 0.904. The van der Waals surface area contributed by atoms with Gasteiger partial charge in [0.25, 0.3) is 0 Å². The first-order valence-corrected chi connectivity index (χ1v) is 4.47. The van der Waals surface area contributed by atoms with Crippen molar-refractivity contribution >= 4 is 28.2 Å². The third-order valence-corrected chi connectivity index (χ3v) is 2.62. The topological polar surface area (TPSA) is 66.4 Å². The van der Waals surface area contributed by atoms with Crippen LogP contribution in [0.5, 0.6) is 0 Å². The van der Waals surface area contributed by atoms with E-state index in [0.29, 0.717) is 10.6 Å². The van der Waals surface area contributed by atoms with Crippen molar-refractivity contribution in [2.24, 2.45) is 0 Å². The second-order valence-corrected chi connectivity index (χ2v) is 3.58. The van der Waals surface area contributed by atoms with Crippen molar-refractivity contribution in [1.29, 1.82) is 0 Å². The quantitative estimate of drug-likeness (QED) is 0.722. The van der Waals surface area contributed by atoms with Crippen LogP contribution in [0.25, 0.3) is 0 Å². The highest BCUT2D eigenvalue weighted by atomic mass is 32.1. The van der Waals surface area contributed by atoms with E-state index in [4.69, 9.17) is 11.5 Å². The van der Waals surface area contributed by atoms with Gasteiger partial charge < -0.3 is 10.4 Å². The SMILES string of the molecule is C#CC(=O)Nc1cc(C)c(C(=O)O)s1. The lowest BCUT2D eigenvalue weighted by atomic mass is 10.3. The summed E-state index contributed by atoms with van der Waals surface area (Å²) in [5.74, 6) is 0.294. The summed E-state index contributed by atoms with van der Waals surface area (Å²) in [4.78, 5) is 21.6. The third kappa shape index (κ3) is 2.12. The van der Waals surface area contributed by atoms with E-state index in [1.54, 1.807) is 13.0 Å². The second kappa shape index (κ2) is 3.94. The Morgan fingerprint density at radius 1 is 1.64 bits per heavy atom. The lowest BCUT2D eigenvalue weighted by Gasteiger charge is -1.92. The molecule has 14 heavy (non-hydrogen) atoms. The highest BCUT2D eigenvalue weighted by Crippen LogP contribution is 2.26. The van der Waals surface area contributed by atoms with Gasteiger partial charge in [-0.3, -0.25) is 4.79 Å². The molecule has 0 unspecified atom stereocenters. The molecule has 1 aromatic heterocycles. The molecule has 4 nitrogen and oxygen atoms in total. The molecule has 2 N–H and O–H groups in total. The summed E-state index contributed by atoms with van der Waals surface area (Å²) in [5.41, 5.74) is 0.606. The fraction of sp³-hybridized carbons (Fsp3) is 0.111. The molecule has 1 rings (SSSR count). The number of nitrogens with one attached hydrogen (secondary N) is 1. The van der Waals surface area contributed by atoms with E-state index in [1.165, 1.54) is 0 Å². The number of hydrogen-bond acceptors (Lipinski definition) is 3. The lowest BCUT2D eigenvalue weighted by Crippen LogP contribution is -2.06. The van der Waals surface area contributed by atoms with Crippen LogP contribution >= 0.6 is 11.3 Å². The Kier molecular flexibility index (Phi) is 2.89. The van der Waals surface area contributed by atoms with Gasteiger partial charge in [-0.05, 0) is 24.5 Å². The Labute approximate surface area is 84.6 Å². The predicted molar refractivity (Wildman–Crippen MR) is 53.5 cm³/mol. The Morgan fingerprint density at radius 3 is 2.71 bits per heavy atom. The molecule has 0 spiro atoms. The number of carbonyl (C=O) groups is 2. The van der Waals surface area contributed by atoms with Gasteiger partial charge in [0, 0.05) is 0 Å². The Hall–Kier alpha value is -1.80. The van der Waals surface area contributed by atoms with Crippen LogP contribution < -0.4 is 5.32 Å². The van der Waals surface area contributed by atoms with E-state index in [2.05, 4.69) is 5.32 Å². The second-order valence-electron chi connectivity index (χ2n) is 2.53. The largest absolute Gasteiger partial charge is 0.477 e. The highest BCUT2D eigenvalue weighted by molar-refractivity contribution is 7.18. The van der Waals surface area contributed by atoms with Crippen LogP contribution in [0.15, 0.2) is 6.07 Å². The van der Waals surface area contributed by atoms with E-state index in [1.807, 2.05) is 5.92 Å². The van der Waals surface area contributed by atoms with Crippen molar-refractivity contribution in [1.82, 2.24) is 0 Å². The number of thiophene rings is 1. The number of amides is 1. The summed E-state index contributed by atoms with van der Waals surface area (Å²) >= 11 is 0.984. The highest BCUT2D eigenvalue weighted by Gasteiger charge is 2.12. The van der Waals surface area contributed by atoms with Crippen molar-refractivity contribution in [2.75, 3.05) is 5.32 Å². The number of aromatic carboxylic acids is 1. The van der Waals surface area contributed by atoms with Gasteiger partial charge in [-0.1, -0.05) is 0 Å². The first-order chi connectivity index (χ1) is 6.54. The van der Waals surface area contributed by atoms with E-state index in [0.717, 1.165) is 11.3 Å². The molecule has 0 radical (unpaired) electrons. The molecule has 5 heteroatoms. The standard InChI is InChI=1S/C9H7NO3S/c1-3-6(11)10-7-4-5(2)8(14-7)9(12)13/h1,4H,2H3,(H,10,11)(H,12,13). The van der Waals surface area contributed by atoms with E-state index >= 15 is 0 Å². The van der Waals surface area contributed by atoms with Gasteiger partial charge in [0.15, 0.2) is 0 Å². The van der Waals surface area contributed by atoms with Gasteiger partial charge in [0.2, 0.25) is 0 Å². The van der Waals surface area contributed by atoms with Gasteiger partial charge in [0.05, 0.1) is 5.00 Å². The summed E-state index contributed by atoms with van der Waals surface area (Å²) in [5, 5.41) is 11.6. The van der Waals surface area contributed by atoms with Crippen LogP contribution in [-0.2, 0) is 4.79 Å². The van der Waals surface area contributed by atoms with Gasteiger partial charge in [-0.25, -0.2) is 4.79 Å². The van der Waals surface area contributed by atoms with E-state index in [9.17, 15) is 9.59 Å². The van der Waals surface area contributed by atoms with E-state index in [-0.39, 0.29) is 4.88 Å². The molecule has 0 atom stereocenters. The zero-order chi connectivity index (χ0) is 10.7. The molecule has 1 amide bonds. The minimum absolute atomic E-state index is 0.206. The van der Waals surface area contributed by atoms with Gasteiger partial charge in [-0.2, -0.15) is 0 Å². The number of anilines is 1. The number of rotatable bonds is 2. The molecule has 0 aliphatic carbocycles. The summed E-state index contributed by atoms with van der Waals surface area (Å²) in [6.45, 7) is 1.66. The van der Waals surface area contributed by atoms with Crippen molar-refractivity contribution in [2.45, 2.75) is 6.92 Å². The Bertz CT molecular complexity index is 428. The molecule has 0 saturated carbocycles. The summed E-state index contributed by atoms with van der Waals surface area (Å²) in [6.07, 6.45) is 4.85. The molecule has 0 aliphatic heterocycles. The molecule has 0 fully saturated rings. The van der Waals surface area contributed by atoms with Crippen molar-refractivity contribution < 1.29 is 14.7 Å². The van der Waals surface area contributed by atoms with Crippen LogP contribution in [0.1, 0.15) is 15.2 Å².